The maximum absolute atomic E-state index is 13.5. The van der Waals surface area contributed by atoms with Crippen LogP contribution in [0.25, 0.3) is 0 Å². The number of halogens is 4. The highest BCUT2D eigenvalue weighted by Crippen LogP contribution is 2.32. The Labute approximate surface area is 198 Å². The zero-order valence-corrected chi connectivity index (χ0v) is 18.7. The van der Waals surface area contributed by atoms with Gasteiger partial charge in [-0.3, -0.25) is 9.59 Å². The number of aromatic nitrogens is 2. The third kappa shape index (κ3) is 6.40. The topological polar surface area (TPSA) is 81.2 Å². The first-order chi connectivity index (χ1) is 16.6. The fourth-order valence-electron chi connectivity index (χ4n) is 3.50. The summed E-state index contributed by atoms with van der Waals surface area (Å²) in [7, 11) is 0. The summed E-state index contributed by atoms with van der Waals surface area (Å²) in [6.07, 6.45) is -2.08. The van der Waals surface area contributed by atoms with Crippen LogP contribution in [0.3, 0.4) is 0 Å². The number of benzene rings is 2. The van der Waals surface area contributed by atoms with Crippen LogP contribution < -0.4 is 10.1 Å². The Balaban J connectivity index is 1.39. The fraction of sp³-hybridized carbons (Fsp3) is 0.280. The van der Waals surface area contributed by atoms with Crippen molar-refractivity contribution in [2.75, 3.05) is 5.32 Å². The summed E-state index contributed by atoms with van der Waals surface area (Å²) in [6, 6.07) is 9.13. The molecule has 10 heteroatoms. The summed E-state index contributed by atoms with van der Waals surface area (Å²) in [5.74, 6) is -0.703. The molecule has 1 aromatic heterocycles. The van der Waals surface area contributed by atoms with Crippen molar-refractivity contribution in [1.82, 2.24) is 9.97 Å². The van der Waals surface area contributed by atoms with E-state index in [1.165, 1.54) is 18.5 Å². The van der Waals surface area contributed by atoms with E-state index in [2.05, 4.69) is 15.3 Å². The standard InChI is InChI=1S/C25H21F4N3O3/c1-14-8-15(9-18(33)10-16-2-6-20(26)19(11-16)25(27,28)29)3-7-21(14)35-23-12-22(30-13-31-23)32-24(34)17-4-5-17/h2-3,6-8,11-13,17H,4-5,9-10H2,1H3,(H,30,31,32,34). The van der Waals surface area contributed by atoms with Gasteiger partial charge in [-0.2, -0.15) is 13.2 Å². The summed E-state index contributed by atoms with van der Waals surface area (Å²) < 4.78 is 57.9. The lowest BCUT2D eigenvalue weighted by Gasteiger charge is -2.11. The summed E-state index contributed by atoms with van der Waals surface area (Å²) in [5, 5.41) is 2.72. The number of aryl methyl sites for hydroxylation is 1. The van der Waals surface area contributed by atoms with Crippen LogP contribution in [0.2, 0.25) is 0 Å². The molecule has 2 aromatic carbocycles. The Bertz CT molecular complexity index is 1270. The number of ketones is 1. The number of hydrogen-bond acceptors (Lipinski definition) is 5. The number of alkyl halides is 3. The smallest absolute Gasteiger partial charge is 0.419 e. The van der Waals surface area contributed by atoms with Crippen molar-refractivity contribution in [3.8, 4) is 11.6 Å². The molecule has 1 fully saturated rings. The fourth-order valence-corrected chi connectivity index (χ4v) is 3.50. The largest absolute Gasteiger partial charge is 0.439 e. The molecule has 35 heavy (non-hydrogen) atoms. The van der Waals surface area contributed by atoms with Crippen LogP contribution in [0.4, 0.5) is 23.4 Å². The van der Waals surface area contributed by atoms with Crippen molar-refractivity contribution in [3.63, 3.8) is 0 Å². The predicted octanol–water partition coefficient (Wildman–Crippen LogP) is 5.44. The molecule has 0 unspecified atom stereocenters. The van der Waals surface area contributed by atoms with E-state index < -0.39 is 17.6 Å². The van der Waals surface area contributed by atoms with Gasteiger partial charge < -0.3 is 10.1 Å². The predicted molar refractivity (Wildman–Crippen MR) is 118 cm³/mol. The minimum atomic E-state index is -4.83. The summed E-state index contributed by atoms with van der Waals surface area (Å²) in [4.78, 5) is 32.4. The van der Waals surface area contributed by atoms with Gasteiger partial charge >= 0.3 is 6.18 Å². The molecular formula is C25H21F4N3O3. The molecule has 0 atom stereocenters. The monoisotopic (exact) mass is 487 g/mol. The van der Waals surface area contributed by atoms with E-state index in [9.17, 15) is 27.2 Å². The van der Waals surface area contributed by atoms with Crippen LogP contribution in [-0.4, -0.2) is 21.7 Å². The number of carbonyl (C=O) groups excluding carboxylic acids is 2. The Morgan fingerprint density at radius 3 is 2.37 bits per heavy atom. The highest BCUT2D eigenvalue weighted by atomic mass is 19.4. The number of anilines is 1. The van der Waals surface area contributed by atoms with E-state index >= 15 is 0 Å². The average Bonchev–Trinajstić information content (AvgIpc) is 3.62. The average molecular weight is 487 g/mol. The van der Waals surface area contributed by atoms with Crippen molar-refractivity contribution >= 4 is 17.5 Å². The lowest BCUT2D eigenvalue weighted by molar-refractivity contribution is -0.140. The third-order valence-corrected chi connectivity index (χ3v) is 5.43. The summed E-state index contributed by atoms with van der Waals surface area (Å²) in [6.45, 7) is 1.77. The van der Waals surface area contributed by atoms with Crippen molar-refractivity contribution in [1.29, 1.82) is 0 Å². The molecule has 0 bridgehead atoms. The molecule has 0 spiro atoms. The second-order valence-electron chi connectivity index (χ2n) is 8.41. The van der Waals surface area contributed by atoms with E-state index in [0.717, 1.165) is 18.9 Å². The molecule has 3 aromatic rings. The molecule has 1 saturated carbocycles. The molecule has 0 radical (unpaired) electrons. The van der Waals surface area contributed by atoms with Crippen LogP contribution in [-0.2, 0) is 28.6 Å². The second-order valence-corrected chi connectivity index (χ2v) is 8.41. The maximum Gasteiger partial charge on any atom is 0.419 e. The van der Waals surface area contributed by atoms with Crippen molar-refractivity contribution < 1.29 is 31.9 Å². The molecule has 4 rings (SSSR count). The number of ether oxygens (including phenoxy) is 1. The Morgan fingerprint density at radius 1 is 1.03 bits per heavy atom. The first kappa shape index (κ1) is 24.3. The highest BCUT2D eigenvalue weighted by molar-refractivity contribution is 5.93. The van der Waals surface area contributed by atoms with Gasteiger partial charge in [0.2, 0.25) is 11.8 Å². The van der Waals surface area contributed by atoms with Gasteiger partial charge in [-0.05, 0) is 54.7 Å². The van der Waals surface area contributed by atoms with Crippen LogP contribution in [0.1, 0.15) is 35.1 Å². The van der Waals surface area contributed by atoms with E-state index in [1.54, 1.807) is 25.1 Å². The molecule has 1 N–H and O–H groups in total. The van der Waals surface area contributed by atoms with Crippen molar-refractivity contribution in [3.05, 3.63) is 76.9 Å². The number of nitrogens with zero attached hydrogens (tertiary/aromatic N) is 2. The molecule has 1 amide bonds. The van der Waals surface area contributed by atoms with E-state index in [4.69, 9.17) is 4.74 Å². The molecule has 182 valence electrons. The number of amides is 1. The molecule has 1 heterocycles. The number of Topliss-reactive ketones (excluding diaryl/α,β-unsaturated/α-hetero) is 1. The van der Waals surface area contributed by atoms with Crippen LogP contribution >= 0.6 is 0 Å². The minimum absolute atomic E-state index is 0.00923. The molecular weight excluding hydrogens is 466 g/mol. The van der Waals surface area contributed by atoms with Crippen molar-refractivity contribution in [2.45, 2.75) is 38.8 Å². The molecule has 1 aliphatic rings. The molecule has 0 aliphatic heterocycles. The van der Waals surface area contributed by atoms with Gasteiger partial charge in [-0.25, -0.2) is 14.4 Å². The first-order valence-corrected chi connectivity index (χ1v) is 10.9. The van der Waals surface area contributed by atoms with Crippen LogP contribution in [0, 0.1) is 18.7 Å². The van der Waals surface area contributed by atoms with Gasteiger partial charge in [0, 0.05) is 24.8 Å². The van der Waals surface area contributed by atoms with Crippen LogP contribution in [0.15, 0.2) is 48.8 Å². The lowest BCUT2D eigenvalue weighted by Crippen LogP contribution is -2.14. The lowest BCUT2D eigenvalue weighted by atomic mass is 10.00. The van der Waals surface area contributed by atoms with Crippen LogP contribution in [0.5, 0.6) is 11.6 Å². The van der Waals surface area contributed by atoms with Gasteiger partial charge in [0.25, 0.3) is 0 Å². The first-order valence-electron chi connectivity index (χ1n) is 10.9. The Morgan fingerprint density at radius 2 is 1.71 bits per heavy atom. The summed E-state index contributed by atoms with van der Waals surface area (Å²) in [5.41, 5.74) is 0.0607. The zero-order chi connectivity index (χ0) is 25.2. The van der Waals surface area contributed by atoms with Gasteiger partial charge in [0.15, 0.2) is 0 Å². The SMILES string of the molecule is Cc1cc(CC(=O)Cc2ccc(F)c(C(F)(F)F)c2)ccc1Oc1cc(NC(=O)C2CC2)ncn1. The van der Waals surface area contributed by atoms with Gasteiger partial charge in [-0.1, -0.05) is 18.2 Å². The Hall–Kier alpha value is -3.82. The van der Waals surface area contributed by atoms with Gasteiger partial charge in [-0.15, -0.1) is 0 Å². The quantitative estimate of drug-likeness (QED) is 0.428. The number of carbonyl (C=O) groups is 2. The van der Waals surface area contributed by atoms with Gasteiger partial charge in [0.05, 0.1) is 5.56 Å². The second kappa shape index (κ2) is 9.81. The van der Waals surface area contributed by atoms with E-state index in [0.29, 0.717) is 28.8 Å². The third-order valence-electron chi connectivity index (χ3n) is 5.43. The molecule has 6 nitrogen and oxygen atoms in total. The normalized spacial score (nSPS) is 13.4. The number of rotatable bonds is 8. The van der Waals surface area contributed by atoms with E-state index in [-0.39, 0.29) is 41.9 Å². The minimum Gasteiger partial charge on any atom is -0.439 e. The Kier molecular flexibility index (Phi) is 6.81. The molecule has 1 aliphatic carbocycles. The zero-order valence-electron chi connectivity index (χ0n) is 18.7. The van der Waals surface area contributed by atoms with Crippen molar-refractivity contribution in [2.24, 2.45) is 5.92 Å². The molecule has 0 saturated heterocycles. The van der Waals surface area contributed by atoms with E-state index in [1.807, 2.05) is 0 Å². The number of nitrogens with one attached hydrogen (secondary N) is 1. The van der Waals surface area contributed by atoms with Gasteiger partial charge in [0.1, 0.15) is 29.5 Å². The number of hydrogen-bond donors (Lipinski definition) is 1. The summed E-state index contributed by atoms with van der Waals surface area (Å²) >= 11 is 0. The maximum atomic E-state index is 13.5. The highest BCUT2D eigenvalue weighted by Gasteiger charge is 2.34.